The minimum atomic E-state index is -0.833. The van der Waals surface area contributed by atoms with Crippen LogP contribution in [0.4, 0.5) is 5.82 Å². The molecule has 9 nitrogen and oxygen atoms in total. The molecular weight excluding hydrogens is 508 g/mol. The summed E-state index contributed by atoms with van der Waals surface area (Å²) in [4.78, 5) is 45.0. The Labute approximate surface area is 233 Å². The molecule has 0 spiro atoms. The quantitative estimate of drug-likeness (QED) is 0.417. The van der Waals surface area contributed by atoms with E-state index in [1.165, 1.54) is 0 Å². The molecule has 1 amide bonds. The van der Waals surface area contributed by atoms with E-state index in [2.05, 4.69) is 20.6 Å². The van der Waals surface area contributed by atoms with Gasteiger partial charge in [0.25, 0.3) is 11.9 Å². The number of carboxylic acid groups (broad SMARTS) is 1. The third-order valence-electron chi connectivity index (χ3n) is 6.81. The molecule has 9 heteroatoms. The van der Waals surface area contributed by atoms with E-state index in [0.717, 1.165) is 40.9 Å². The number of hydrogen-bond donors (Lipinski definition) is 3. The Hall–Kier alpha value is -4.79. The van der Waals surface area contributed by atoms with Crippen molar-refractivity contribution < 1.29 is 24.2 Å². The van der Waals surface area contributed by atoms with Gasteiger partial charge in [0, 0.05) is 59.9 Å². The maximum atomic E-state index is 13.7. The minimum Gasteiger partial charge on any atom is -0.497 e. The number of ketones is 1. The average Bonchev–Trinajstić information content (AvgIpc) is 2.92. The molecule has 2 unspecified atom stereocenters. The number of allylic oxidation sites excluding steroid dienone is 3. The SMILES string of the molecule is CC(=O)O.COc1ccc(C2CC(=O)C3=C(C2)NC(C)=C(C(=O)Nc2cccc(C)n2)C3c2cccnc2)cc1. The summed E-state index contributed by atoms with van der Waals surface area (Å²) < 4.78 is 5.28. The normalized spacial score (nSPS) is 18.1. The fourth-order valence-corrected chi connectivity index (χ4v) is 5.13. The molecule has 1 aliphatic carbocycles. The van der Waals surface area contributed by atoms with Gasteiger partial charge >= 0.3 is 0 Å². The second kappa shape index (κ2) is 12.4. The summed E-state index contributed by atoms with van der Waals surface area (Å²) in [5, 5.41) is 13.8. The van der Waals surface area contributed by atoms with E-state index in [1.54, 1.807) is 25.6 Å². The first-order valence-corrected chi connectivity index (χ1v) is 12.9. The first-order valence-electron chi connectivity index (χ1n) is 12.9. The topological polar surface area (TPSA) is 131 Å². The first kappa shape index (κ1) is 28.2. The van der Waals surface area contributed by atoms with Crippen molar-refractivity contribution in [3.8, 4) is 5.75 Å². The summed E-state index contributed by atoms with van der Waals surface area (Å²) in [5.74, 6) is -0.299. The number of carbonyl (C=O) groups excluding carboxylic acids is 2. The lowest BCUT2D eigenvalue weighted by Crippen LogP contribution is -2.37. The van der Waals surface area contributed by atoms with Crippen LogP contribution in [0.1, 0.15) is 55.3 Å². The van der Waals surface area contributed by atoms with E-state index in [-0.39, 0.29) is 17.6 Å². The highest BCUT2D eigenvalue weighted by atomic mass is 16.5. The van der Waals surface area contributed by atoms with E-state index >= 15 is 0 Å². The highest BCUT2D eigenvalue weighted by Crippen LogP contribution is 2.45. The van der Waals surface area contributed by atoms with Gasteiger partial charge in [-0.05, 0) is 67.6 Å². The minimum absolute atomic E-state index is 0.0323. The predicted octanol–water partition coefficient (Wildman–Crippen LogP) is 4.88. The molecule has 3 aromatic rings. The number of carboxylic acids is 1. The van der Waals surface area contributed by atoms with Crippen molar-refractivity contribution in [2.24, 2.45) is 0 Å². The average molecular weight is 541 g/mol. The van der Waals surface area contributed by atoms with Crippen LogP contribution >= 0.6 is 0 Å². The number of aromatic nitrogens is 2. The molecule has 0 saturated carbocycles. The number of ether oxygens (including phenoxy) is 1. The van der Waals surface area contributed by atoms with Gasteiger partial charge < -0.3 is 20.5 Å². The van der Waals surface area contributed by atoms with Gasteiger partial charge in [0.05, 0.1) is 7.11 Å². The van der Waals surface area contributed by atoms with Crippen LogP contribution in [0.15, 0.2) is 89.5 Å². The number of methoxy groups -OCH3 is 1. The van der Waals surface area contributed by atoms with Crippen molar-refractivity contribution in [3.63, 3.8) is 0 Å². The smallest absolute Gasteiger partial charge is 0.300 e. The van der Waals surface area contributed by atoms with Crippen molar-refractivity contribution in [2.45, 2.75) is 45.4 Å². The van der Waals surface area contributed by atoms with Gasteiger partial charge in [-0.25, -0.2) is 4.98 Å². The van der Waals surface area contributed by atoms with Gasteiger partial charge in [-0.1, -0.05) is 24.3 Å². The van der Waals surface area contributed by atoms with E-state index < -0.39 is 11.9 Å². The molecule has 1 aromatic carbocycles. The molecule has 0 saturated heterocycles. The maximum Gasteiger partial charge on any atom is 0.300 e. The number of amides is 1. The number of pyridine rings is 2. The van der Waals surface area contributed by atoms with Crippen LogP contribution in [0.3, 0.4) is 0 Å². The van der Waals surface area contributed by atoms with Crippen molar-refractivity contribution in [2.75, 3.05) is 12.4 Å². The van der Waals surface area contributed by atoms with Crippen LogP contribution in [0.25, 0.3) is 0 Å². The number of benzene rings is 1. The molecule has 40 heavy (non-hydrogen) atoms. The number of aryl methyl sites for hydroxylation is 1. The molecule has 3 heterocycles. The highest BCUT2D eigenvalue weighted by molar-refractivity contribution is 6.09. The standard InChI is InChI=1S/C29H28N4O3.C2H4O2/c1-17-6-4-8-25(31-17)33-29(35)26-18(2)32-23-14-21(19-9-11-22(36-3)12-10-19)15-24(34)28(23)27(26)20-7-5-13-30-16-20;1-2(3)4/h4-13,16,21,27,32H,14-15H2,1-3H3,(H,31,33,35);1H3,(H,3,4). The molecule has 0 bridgehead atoms. The van der Waals surface area contributed by atoms with Gasteiger partial charge in [0.1, 0.15) is 11.6 Å². The van der Waals surface area contributed by atoms with Crippen LogP contribution in [-0.2, 0) is 14.4 Å². The summed E-state index contributed by atoms with van der Waals surface area (Å²) in [6.07, 6.45) is 4.47. The Balaban J connectivity index is 0.000000867. The summed E-state index contributed by atoms with van der Waals surface area (Å²) in [6, 6.07) is 17.1. The number of anilines is 1. The van der Waals surface area contributed by atoms with Crippen LogP contribution in [0, 0.1) is 6.92 Å². The molecule has 0 radical (unpaired) electrons. The molecule has 5 rings (SSSR count). The number of nitrogens with zero attached hydrogens (tertiary/aromatic N) is 2. The summed E-state index contributed by atoms with van der Waals surface area (Å²) in [7, 11) is 1.64. The molecule has 206 valence electrons. The number of hydrogen-bond acceptors (Lipinski definition) is 7. The Bertz CT molecular complexity index is 1480. The highest BCUT2D eigenvalue weighted by Gasteiger charge is 2.41. The van der Waals surface area contributed by atoms with Crippen molar-refractivity contribution in [1.29, 1.82) is 0 Å². The first-order chi connectivity index (χ1) is 19.2. The van der Waals surface area contributed by atoms with E-state index in [4.69, 9.17) is 14.6 Å². The predicted molar refractivity (Wildman–Crippen MR) is 151 cm³/mol. The van der Waals surface area contributed by atoms with Crippen LogP contribution in [0.2, 0.25) is 0 Å². The van der Waals surface area contributed by atoms with Crippen LogP contribution in [0.5, 0.6) is 5.75 Å². The molecule has 2 aliphatic rings. The lowest BCUT2D eigenvalue weighted by atomic mass is 9.72. The van der Waals surface area contributed by atoms with E-state index in [0.29, 0.717) is 29.8 Å². The third-order valence-corrected chi connectivity index (χ3v) is 6.81. The Morgan fingerprint density at radius 3 is 2.38 bits per heavy atom. The second-order valence-electron chi connectivity index (χ2n) is 9.71. The zero-order valence-corrected chi connectivity index (χ0v) is 22.9. The number of aliphatic carboxylic acids is 1. The van der Waals surface area contributed by atoms with Crippen molar-refractivity contribution in [3.05, 3.63) is 106 Å². The zero-order chi connectivity index (χ0) is 28.8. The van der Waals surface area contributed by atoms with Crippen molar-refractivity contribution >= 4 is 23.5 Å². The molecule has 2 atom stereocenters. The van der Waals surface area contributed by atoms with Crippen LogP contribution in [-0.4, -0.2) is 39.8 Å². The van der Waals surface area contributed by atoms with Gasteiger partial charge in [-0.2, -0.15) is 0 Å². The summed E-state index contributed by atoms with van der Waals surface area (Å²) in [5.41, 5.74) is 5.43. The van der Waals surface area contributed by atoms with E-state index in [9.17, 15) is 9.59 Å². The monoisotopic (exact) mass is 540 g/mol. The van der Waals surface area contributed by atoms with Crippen LogP contribution < -0.4 is 15.4 Å². The number of rotatable bonds is 5. The largest absolute Gasteiger partial charge is 0.497 e. The maximum absolute atomic E-state index is 13.7. The van der Waals surface area contributed by atoms with Gasteiger partial charge in [-0.3, -0.25) is 19.4 Å². The van der Waals surface area contributed by atoms with Crippen molar-refractivity contribution in [1.82, 2.24) is 15.3 Å². The fourth-order valence-electron chi connectivity index (χ4n) is 5.13. The lowest BCUT2D eigenvalue weighted by Gasteiger charge is -2.37. The molecule has 0 fully saturated rings. The van der Waals surface area contributed by atoms with Gasteiger partial charge in [-0.15, -0.1) is 0 Å². The number of carbonyl (C=O) groups is 3. The summed E-state index contributed by atoms with van der Waals surface area (Å²) in [6.45, 7) is 4.84. The van der Waals surface area contributed by atoms with Gasteiger partial charge in [0.2, 0.25) is 0 Å². The molecule has 3 N–H and O–H groups in total. The third kappa shape index (κ3) is 6.43. The Morgan fingerprint density at radius 2 is 1.75 bits per heavy atom. The number of Topliss-reactive ketones (excluding diaryl/α,β-unsaturated/α-hetero) is 1. The van der Waals surface area contributed by atoms with Gasteiger partial charge in [0.15, 0.2) is 5.78 Å². The Morgan fingerprint density at radius 1 is 1.02 bits per heavy atom. The lowest BCUT2D eigenvalue weighted by molar-refractivity contribution is -0.134. The summed E-state index contributed by atoms with van der Waals surface area (Å²) >= 11 is 0. The fraction of sp³-hybridized carbons (Fsp3) is 0.258. The molecular formula is C31H32N4O5. The number of dihydropyridines is 1. The zero-order valence-electron chi connectivity index (χ0n) is 22.9. The number of nitrogens with one attached hydrogen (secondary N) is 2. The Kier molecular flexibility index (Phi) is 8.73. The molecule has 1 aliphatic heterocycles. The molecule has 2 aromatic heterocycles. The second-order valence-corrected chi connectivity index (χ2v) is 9.71. The van der Waals surface area contributed by atoms with E-state index in [1.807, 2.05) is 62.4 Å².